The molecular weight excluding hydrogens is 343 g/mol. The second-order valence-corrected chi connectivity index (χ2v) is 6.90. The third-order valence-corrected chi connectivity index (χ3v) is 4.78. The van der Waals surface area contributed by atoms with Crippen molar-refractivity contribution < 1.29 is 4.79 Å². The SMILES string of the molecule is O=C(Cc1cccc(Cl)c1)N(c1ccc(Cl)cc1)C1CCNCC1. The summed E-state index contributed by atoms with van der Waals surface area (Å²) in [6, 6.07) is 15.2. The summed E-state index contributed by atoms with van der Waals surface area (Å²) in [6.45, 7) is 1.86. The van der Waals surface area contributed by atoms with Gasteiger partial charge < -0.3 is 10.2 Å². The van der Waals surface area contributed by atoms with E-state index >= 15 is 0 Å². The van der Waals surface area contributed by atoms with Crippen LogP contribution in [0.2, 0.25) is 10.0 Å². The Balaban J connectivity index is 1.85. The predicted molar refractivity (Wildman–Crippen MR) is 100.0 cm³/mol. The summed E-state index contributed by atoms with van der Waals surface area (Å²) in [5.74, 6) is 0.0893. The Hall–Kier alpha value is -1.55. The first-order chi connectivity index (χ1) is 11.6. The molecule has 0 aliphatic carbocycles. The quantitative estimate of drug-likeness (QED) is 0.878. The van der Waals surface area contributed by atoms with Crippen molar-refractivity contribution in [3.8, 4) is 0 Å². The summed E-state index contributed by atoms with van der Waals surface area (Å²) < 4.78 is 0. The fourth-order valence-electron chi connectivity index (χ4n) is 3.13. The third-order valence-electron chi connectivity index (χ3n) is 4.29. The van der Waals surface area contributed by atoms with Gasteiger partial charge in [0, 0.05) is 21.8 Å². The minimum atomic E-state index is 0.0893. The van der Waals surface area contributed by atoms with Gasteiger partial charge in [0.05, 0.1) is 6.42 Å². The summed E-state index contributed by atoms with van der Waals surface area (Å²) in [7, 11) is 0. The van der Waals surface area contributed by atoms with Crippen molar-refractivity contribution in [1.29, 1.82) is 0 Å². The molecule has 0 atom stereocenters. The molecule has 126 valence electrons. The maximum absolute atomic E-state index is 13.0. The van der Waals surface area contributed by atoms with Crippen LogP contribution < -0.4 is 10.2 Å². The van der Waals surface area contributed by atoms with E-state index in [0.717, 1.165) is 37.2 Å². The monoisotopic (exact) mass is 362 g/mol. The predicted octanol–water partition coefficient (Wildman–Crippen LogP) is 4.32. The molecule has 0 bridgehead atoms. The van der Waals surface area contributed by atoms with Crippen LogP contribution in [0.1, 0.15) is 18.4 Å². The maximum Gasteiger partial charge on any atom is 0.231 e. The average molecular weight is 363 g/mol. The van der Waals surface area contributed by atoms with Crippen LogP contribution in [-0.2, 0) is 11.2 Å². The van der Waals surface area contributed by atoms with Gasteiger partial charge in [0.15, 0.2) is 0 Å². The topological polar surface area (TPSA) is 32.3 Å². The first-order valence-corrected chi connectivity index (χ1v) is 8.92. The van der Waals surface area contributed by atoms with E-state index in [-0.39, 0.29) is 11.9 Å². The molecule has 0 unspecified atom stereocenters. The van der Waals surface area contributed by atoms with Crippen molar-refractivity contribution >= 4 is 34.8 Å². The van der Waals surface area contributed by atoms with E-state index in [1.807, 2.05) is 53.4 Å². The van der Waals surface area contributed by atoms with Crippen LogP contribution >= 0.6 is 23.2 Å². The zero-order chi connectivity index (χ0) is 16.9. The Labute approximate surface area is 152 Å². The highest BCUT2D eigenvalue weighted by atomic mass is 35.5. The number of carbonyl (C=O) groups is 1. The number of carbonyl (C=O) groups excluding carboxylic acids is 1. The summed E-state index contributed by atoms with van der Waals surface area (Å²) in [5, 5.41) is 4.68. The number of halogens is 2. The molecular formula is C19H20Cl2N2O. The molecule has 2 aromatic carbocycles. The standard InChI is InChI=1S/C19H20Cl2N2O/c20-15-4-6-17(7-5-15)23(18-8-10-22-11-9-18)19(24)13-14-2-1-3-16(21)12-14/h1-7,12,18,22H,8-11,13H2. The fourth-order valence-corrected chi connectivity index (χ4v) is 3.47. The van der Waals surface area contributed by atoms with Crippen molar-refractivity contribution in [1.82, 2.24) is 5.32 Å². The Morgan fingerprint density at radius 1 is 1.04 bits per heavy atom. The molecule has 0 radical (unpaired) electrons. The van der Waals surface area contributed by atoms with Crippen LogP contribution in [0.4, 0.5) is 5.69 Å². The molecule has 3 rings (SSSR count). The van der Waals surface area contributed by atoms with E-state index in [1.54, 1.807) is 0 Å². The van der Waals surface area contributed by atoms with Crippen LogP contribution in [0.15, 0.2) is 48.5 Å². The Bertz CT molecular complexity index is 697. The highest BCUT2D eigenvalue weighted by molar-refractivity contribution is 6.31. The largest absolute Gasteiger partial charge is 0.317 e. The van der Waals surface area contributed by atoms with Crippen molar-refractivity contribution in [3.05, 3.63) is 64.1 Å². The number of piperidine rings is 1. The van der Waals surface area contributed by atoms with E-state index in [2.05, 4.69) is 5.32 Å². The third kappa shape index (κ3) is 4.29. The first kappa shape index (κ1) is 17.3. The van der Waals surface area contributed by atoms with Crippen molar-refractivity contribution in [3.63, 3.8) is 0 Å². The number of anilines is 1. The molecule has 2 aromatic rings. The van der Waals surface area contributed by atoms with E-state index < -0.39 is 0 Å². The second kappa shape index (κ2) is 8.02. The van der Waals surface area contributed by atoms with Crippen molar-refractivity contribution in [2.45, 2.75) is 25.3 Å². The molecule has 1 fully saturated rings. The summed E-state index contributed by atoms with van der Waals surface area (Å²) in [4.78, 5) is 15.0. The van der Waals surface area contributed by atoms with E-state index in [4.69, 9.17) is 23.2 Å². The van der Waals surface area contributed by atoms with Crippen LogP contribution in [0.25, 0.3) is 0 Å². The van der Waals surface area contributed by atoms with Gasteiger partial charge in [-0.15, -0.1) is 0 Å². The highest BCUT2D eigenvalue weighted by Gasteiger charge is 2.26. The molecule has 0 saturated carbocycles. The van der Waals surface area contributed by atoms with Gasteiger partial charge in [0.1, 0.15) is 0 Å². The molecule has 1 aliphatic heterocycles. The molecule has 1 saturated heterocycles. The van der Waals surface area contributed by atoms with Gasteiger partial charge in [-0.25, -0.2) is 0 Å². The number of rotatable bonds is 4. The molecule has 3 nitrogen and oxygen atoms in total. The highest BCUT2D eigenvalue weighted by Crippen LogP contribution is 2.25. The van der Waals surface area contributed by atoms with Gasteiger partial charge in [-0.05, 0) is 67.9 Å². The van der Waals surface area contributed by atoms with Gasteiger partial charge in [-0.1, -0.05) is 35.3 Å². The smallest absolute Gasteiger partial charge is 0.231 e. The normalized spacial score (nSPS) is 15.2. The van der Waals surface area contributed by atoms with E-state index in [0.29, 0.717) is 16.5 Å². The lowest BCUT2D eigenvalue weighted by molar-refractivity contribution is -0.118. The molecule has 1 N–H and O–H groups in total. The second-order valence-electron chi connectivity index (χ2n) is 6.03. The number of amides is 1. The molecule has 1 aliphatic rings. The van der Waals surface area contributed by atoms with Crippen LogP contribution in [-0.4, -0.2) is 25.0 Å². The molecule has 24 heavy (non-hydrogen) atoms. The maximum atomic E-state index is 13.0. The summed E-state index contributed by atoms with van der Waals surface area (Å²) >= 11 is 12.0. The number of nitrogens with zero attached hydrogens (tertiary/aromatic N) is 1. The molecule has 1 heterocycles. The van der Waals surface area contributed by atoms with E-state index in [9.17, 15) is 4.79 Å². The zero-order valence-corrected chi connectivity index (χ0v) is 14.9. The first-order valence-electron chi connectivity index (χ1n) is 8.16. The summed E-state index contributed by atoms with van der Waals surface area (Å²) in [6.07, 6.45) is 2.24. The zero-order valence-electron chi connectivity index (χ0n) is 13.3. The van der Waals surface area contributed by atoms with Gasteiger partial charge >= 0.3 is 0 Å². The number of nitrogens with one attached hydrogen (secondary N) is 1. The summed E-state index contributed by atoms with van der Waals surface area (Å²) in [5.41, 5.74) is 1.83. The Kier molecular flexibility index (Phi) is 5.77. The van der Waals surface area contributed by atoms with Crippen LogP contribution in [0.3, 0.4) is 0 Å². The minimum Gasteiger partial charge on any atom is -0.317 e. The van der Waals surface area contributed by atoms with Gasteiger partial charge in [-0.3, -0.25) is 4.79 Å². The molecule has 1 amide bonds. The minimum absolute atomic E-state index is 0.0893. The van der Waals surface area contributed by atoms with Crippen LogP contribution in [0, 0.1) is 0 Å². The van der Waals surface area contributed by atoms with Crippen molar-refractivity contribution in [2.75, 3.05) is 18.0 Å². The van der Waals surface area contributed by atoms with Gasteiger partial charge in [0.2, 0.25) is 5.91 Å². The number of hydrogen-bond donors (Lipinski definition) is 1. The van der Waals surface area contributed by atoms with Crippen LogP contribution in [0.5, 0.6) is 0 Å². The van der Waals surface area contributed by atoms with Crippen molar-refractivity contribution in [2.24, 2.45) is 0 Å². The molecule has 5 heteroatoms. The Morgan fingerprint density at radius 2 is 1.75 bits per heavy atom. The number of hydrogen-bond acceptors (Lipinski definition) is 2. The van der Waals surface area contributed by atoms with Gasteiger partial charge in [0.25, 0.3) is 0 Å². The molecule has 0 spiro atoms. The fraction of sp³-hybridized carbons (Fsp3) is 0.316. The van der Waals surface area contributed by atoms with Gasteiger partial charge in [-0.2, -0.15) is 0 Å². The van der Waals surface area contributed by atoms with E-state index in [1.165, 1.54) is 0 Å². The average Bonchev–Trinajstić information content (AvgIpc) is 2.58. The number of benzene rings is 2. The lowest BCUT2D eigenvalue weighted by Crippen LogP contribution is -2.47. The lowest BCUT2D eigenvalue weighted by atomic mass is 10.0. The lowest BCUT2D eigenvalue weighted by Gasteiger charge is -2.35. The molecule has 0 aromatic heterocycles. The Morgan fingerprint density at radius 3 is 2.42 bits per heavy atom.